The van der Waals surface area contributed by atoms with Gasteiger partial charge in [0.25, 0.3) is 0 Å². The predicted molar refractivity (Wildman–Crippen MR) is 108 cm³/mol. The molecule has 0 spiro atoms. The maximum Gasteiger partial charge on any atom is 0.421 e. The van der Waals surface area contributed by atoms with Crippen molar-refractivity contribution in [3.63, 3.8) is 0 Å². The van der Waals surface area contributed by atoms with Crippen LogP contribution in [-0.4, -0.2) is 30.5 Å². The number of hydrogen-bond acceptors (Lipinski definition) is 3. The number of aliphatic hydroxyl groups is 1. The minimum absolute atomic E-state index is 0. The lowest BCUT2D eigenvalue weighted by atomic mass is 9.68. The number of halogens is 5. The Bertz CT molecular complexity index is 886. The van der Waals surface area contributed by atoms with Crippen molar-refractivity contribution in [1.82, 2.24) is 5.32 Å². The van der Waals surface area contributed by atoms with Gasteiger partial charge in [0, 0.05) is 16.0 Å². The van der Waals surface area contributed by atoms with Crippen molar-refractivity contribution in [2.24, 2.45) is 0 Å². The van der Waals surface area contributed by atoms with Crippen molar-refractivity contribution >= 4 is 24.0 Å². The Hall–Kier alpha value is -1.47. The van der Waals surface area contributed by atoms with Crippen LogP contribution in [-0.2, 0) is 17.4 Å². The number of fused-ring (bicyclic) bond motifs is 3. The summed E-state index contributed by atoms with van der Waals surface area (Å²) in [4.78, 5) is 0. The van der Waals surface area contributed by atoms with Gasteiger partial charge in [0.05, 0.1) is 6.04 Å². The van der Waals surface area contributed by atoms with E-state index >= 15 is 0 Å². The lowest BCUT2D eigenvalue weighted by molar-refractivity contribution is -0.258. The monoisotopic (exact) mass is 447 g/mol. The van der Waals surface area contributed by atoms with Gasteiger partial charge in [0.15, 0.2) is 5.60 Å². The predicted octanol–water partition coefficient (Wildman–Crippen LogP) is 4.77. The molecule has 3 atom stereocenters. The lowest BCUT2D eigenvalue weighted by Gasteiger charge is -2.41. The van der Waals surface area contributed by atoms with Crippen LogP contribution in [0.2, 0.25) is 5.02 Å². The molecular weight excluding hydrogens is 426 g/mol. The van der Waals surface area contributed by atoms with E-state index in [0.717, 1.165) is 37.4 Å². The minimum atomic E-state index is -4.77. The van der Waals surface area contributed by atoms with Crippen molar-refractivity contribution in [1.29, 1.82) is 0 Å². The Morgan fingerprint density at radius 2 is 1.90 bits per heavy atom. The molecule has 0 aromatic heterocycles. The minimum Gasteiger partial charge on any atom is -0.492 e. The van der Waals surface area contributed by atoms with Gasteiger partial charge < -0.3 is 15.2 Å². The molecule has 3 nitrogen and oxygen atoms in total. The van der Waals surface area contributed by atoms with E-state index in [1.54, 1.807) is 6.07 Å². The Morgan fingerprint density at radius 3 is 2.55 bits per heavy atom. The molecular formula is C21H22Cl2F3NO2. The number of ether oxygens (including phenoxy) is 1. The number of alkyl halides is 3. The molecule has 158 valence electrons. The van der Waals surface area contributed by atoms with E-state index in [1.807, 2.05) is 24.3 Å². The van der Waals surface area contributed by atoms with Crippen LogP contribution in [0.25, 0.3) is 0 Å². The van der Waals surface area contributed by atoms with E-state index in [0.29, 0.717) is 17.4 Å². The summed E-state index contributed by atoms with van der Waals surface area (Å²) in [5.74, 6) is 0.413. The third kappa shape index (κ3) is 3.72. The summed E-state index contributed by atoms with van der Waals surface area (Å²) < 4.78 is 45.6. The maximum absolute atomic E-state index is 13.3. The molecule has 2 aromatic rings. The van der Waals surface area contributed by atoms with E-state index in [2.05, 4.69) is 5.32 Å². The molecule has 0 saturated carbocycles. The van der Waals surface area contributed by atoms with Crippen LogP contribution in [0.3, 0.4) is 0 Å². The van der Waals surface area contributed by atoms with Crippen LogP contribution >= 0.6 is 24.0 Å². The van der Waals surface area contributed by atoms with Crippen molar-refractivity contribution in [3.05, 3.63) is 64.2 Å². The molecule has 29 heavy (non-hydrogen) atoms. The summed E-state index contributed by atoms with van der Waals surface area (Å²) in [5, 5.41) is 14.2. The van der Waals surface area contributed by atoms with Gasteiger partial charge in [-0.15, -0.1) is 12.4 Å². The van der Waals surface area contributed by atoms with Crippen molar-refractivity contribution in [2.75, 3.05) is 13.2 Å². The molecule has 0 radical (unpaired) electrons. The van der Waals surface area contributed by atoms with E-state index in [9.17, 15) is 18.3 Å². The number of nitrogens with one attached hydrogen (secondary N) is 1. The standard InChI is InChI=1S/C21H21ClF3NO2.ClH/c1-19(27,21(23,24)25)14-4-7-16-17(10-14)28-12-18-20(16,8-9-26-18)11-13-2-5-15(22)6-3-13;/h2-7,10,18,26-27H,8-9,11-12H2,1H3;1H. The zero-order valence-corrected chi connectivity index (χ0v) is 17.3. The van der Waals surface area contributed by atoms with E-state index in [-0.39, 0.29) is 29.4 Å². The summed E-state index contributed by atoms with van der Waals surface area (Å²) in [5.41, 5.74) is -1.43. The van der Waals surface area contributed by atoms with E-state index in [4.69, 9.17) is 16.3 Å². The van der Waals surface area contributed by atoms with Crippen LogP contribution in [0, 0.1) is 0 Å². The fraction of sp³-hybridized carbons (Fsp3) is 0.429. The van der Waals surface area contributed by atoms with Gasteiger partial charge in [0.1, 0.15) is 12.4 Å². The Morgan fingerprint density at radius 1 is 1.21 bits per heavy atom. The molecule has 2 N–H and O–H groups in total. The summed E-state index contributed by atoms with van der Waals surface area (Å²) in [6.07, 6.45) is -3.19. The van der Waals surface area contributed by atoms with Gasteiger partial charge in [-0.05, 0) is 55.6 Å². The summed E-state index contributed by atoms with van der Waals surface area (Å²) in [6, 6.07) is 12.1. The third-order valence-corrected chi connectivity index (χ3v) is 6.35. The molecule has 0 amide bonds. The molecule has 0 aliphatic carbocycles. The van der Waals surface area contributed by atoms with Crippen molar-refractivity contribution in [3.8, 4) is 5.75 Å². The van der Waals surface area contributed by atoms with Gasteiger partial charge in [-0.2, -0.15) is 13.2 Å². The van der Waals surface area contributed by atoms with Crippen LogP contribution in [0.1, 0.15) is 30.0 Å². The largest absolute Gasteiger partial charge is 0.492 e. The summed E-state index contributed by atoms with van der Waals surface area (Å²) in [7, 11) is 0. The highest BCUT2D eigenvalue weighted by molar-refractivity contribution is 6.30. The lowest BCUT2D eigenvalue weighted by Crippen LogP contribution is -2.49. The Kier molecular flexibility index (Phi) is 5.86. The average Bonchev–Trinajstić information content (AvgIpc) is 3.06. The molecule has 1 fully saturated rings. The second kappa shape index (κ2) is 7.65. The SMILES string of the molecule is CC(O)(c1ccc2c(c1)OCC1NCCC21Cc1ccc(Cl)cc1)C(F)(F)F.Cl. The Labute approximate surface area is 178 Å². The second-order valence-corrected chi connectivity index (χ2v) is 8.24. The molecule has 2 aliphatic rings. The van der Waals surface area contributed by atoms with Crippen LogP contribution in [0.5, 0.6) is 5.75 Å². The molecule has 0 bridgehead atoms. The molecule has 8 heteroatoms. The van der Waals surface area contributed by atoms with Crippen LogP contribution in [0.4, 0.5) is 13.2 Å². The van der Waals surface area contributed by atoms with Gasteiger partial charge in [-0.25, -0.2) is 0 Å². The van der Waals surface area contributed by atoms with Crippen molar-refractivity contribution < 1.29 is 23.0 Å². The third-order valence-electron chi connectivity index (χ3n) is 6.10. The van der Waals surface area contributed by atoms with Gasteiger partial charge >= 0.3 is 6.18 Å². The molecule has 3 unspecified atom stereocenters. The topological polar surface area (TPSA) is 41.5 Å². The molecule has 1 saturated heterocycles. The zero-order valence-electron chi connectivity index (χ0n) is 15.7. The molecule has 4 rings (SSSR count). The quantitative estimate of drug-likeness (QED) is 0.711. The first-order valence-electron chi connectivity index (χ1n) is 9.18. The second-order valence-electron chi connectivity index (χ2n) is 7.81. The average molecular weight is 448 g/mol. The zero-order chi connectivity index (χ0) is 20.2. The fourth-order valence-electron chi connectivity index (χ4n) is 4.35. The molecule has 2 aliphatic heterocycles. The Balaban J connectivity index is 0.00000240. The number of hydrogen-bond donors (Lipinski definition) is 2. The molecule has 2 aromatic carbocycles. The number of rotatable bonds is 3. The van der Waals surface area contributed by atoms with Gasteiger partial charge in [-0.3, -0.25) is 0 Å². The highest BCUT2D eigenvalue weighted by Gasteiger charge is 2.53. The van der Waals surface area contributed by atoms with Gasteiger partial charge in [-0.1, -0.05) is 35.9 Å². The summed E-state index contributed by atoms with van der Waals surface area (Å²) in [6.45, 7) is 1.95. The van der Waals surface area contributed by atoms with E-state index < -0.39 is 11.8 Å². The number of benzene rings is 2. The highest BCUT2D eigenvalue weighted by Crippen LogP contribution is 2.48. The van der Waals surface area contributed by atoms with Crippen LogP contribution in [0.15, 0.2) is 42.5 Å². The maximum atomic E-state index is 13.3. The van der Waals surface area contributed by atoms with E-state index in [1.165, 1.54) is 12.1 Å². The fourth-order valence-corrected chi connectivity index (χ4v) is 4.47. The summed E-state index contributed by atoms with van der Waals surface area (Å²) >= 11 is 5.99. The van der Waals surface area contributed by atoms with Crippen molar-refractivity contribution in [2.45, 2.75) is 43.0 Å². The molecule has 2 heterocycles. The smallest absolute Gasteiger partial charge is 0.421 e. The first-order chi connectivity index (χ1) is 13.1. The first-order valence-corrected chi connectivity index (χ1v) is 9.56. The highest BCUT2D eigenvalue weighted by atomic mass is 35.5. The van der Waals surface area contributed by atoms with Crippen LogP contribution < -0.4 is 10.1 Å². The normalized spacial score (nSPS) is 25.2. The first kappa shape index (κ1) is 22.2. The van der Waals surface area contributed by atoms with Gasteiger partial charge in [0.2, 0.25) is 0 Å².